The number of primary amides is 1. The summed E-state index contributed by atoms with van der Waals surface area (Å²) in [6, 6.07) is 6.20. The molecule has 1 aliphatic rings. The van der Waals surface area contributed by atoms with Crippen LogP contribution in [0.4, 0.5) is 0 Å². The van der Waals surface area contributed by atoms with Gasteiger partial charge >= 0.3 is 5.91 Å². The van der Waals surface area contributed by atoms with Gasteiger partial charge < -0.3 is 11.5 Å². The summed E-state index contributed by atoms with van der Waals surface area (Å²) in [7, 11) is 0. The molecular weight excluding hydrogens is 302 g/mol. The number of amides is 2. The second-order valence-electron chi connectivity index (χ2n) is 6.78. The van der Waals surface area contributed by atoms with Gasteiger partial charge in [0.25, 0.3) is 5.91 Å². The van der Waals surface area contributed by atoms with E-state index < -0.39 is 17.5 Å². The summed E-state index contributed by atoms with van der Waals surface area (Å²) < 4.78 is 0.000462. The van der Waals surface area contributed by atoms with E-state index in [1.54, 1.807) is 24.3 Å². The highest BCUT2D eigenvalue weighted by molar-refractivity contribution is 6.30. The number of hydrogen-bond acceptors (Lipinski definition) is 3. The number of carbonyl (C=O) groups is 2. The summed E-state index contributed by atoms with van der Waals surface area (Å²) in [5.41, 5.74) is 11.7. The van der Waals surface area contributed by atoms with Crippen molar-refractivity contribution in [3.05, 3.63) is 34.9 Å². The normalized spacial score (nSPS) is 25.2. The molecule has 2 amide bonds. The van der Waals surface area contributed by atoms with Gasteiger partial charge in [-0.25, -0.2) is 9.28 Å². The van der Waals surface area contributed by atoms with Crippen LogP contribution >= 0.6 is 11.6 Å². The summed E-state index contributed by atoms with van der Waals surface area (Å²) in [6.45, 7) is 4.68. The average molecular weight is 325 g/mol. The molecule has 6 heteroatoms. The van der Waals surface area contributed by atoms with E-state index in [-0.39, 0.29) is 10.4 Å². The van der Waals surface area contributed by atoms with E-state index in [4.69, 9.17) is 23.1 Å². The summed E-state index contributed by atoms with van der Waals surface area (Å²) in [5, 5.41) is 0.565. The first kappa shape index (κ1) is 16.9. The van der Waals surface area contributed by atoms with Crippen LogP contribution in [0.2, 0.25) is 5.02 Å². The Hall–Kier alpha value is -1.43. The van der Waals surface area contributed by atoms with Crippen LogP contribution < -0.4 is 11.5 Å². The number of halogens is 1. The lowest BCUT2D eigenvalue weighted by atomic mass is 10.0. The Morgan fingerprint density at radius 3 is 2.41 bits per heavy atom. The van der Waals surface area contributed by atoms with Gasteiger partial charge in [0.05, 0.1) is 17.6 Å². The minimum Gasteiger partial charge on any atom is -0.364 e. The van der Waals surface area contributed by atoms with E-state index in [9.17, 15) is 9.59 Å². The largest absolute Gasteiger partial charge is 0.364 e. The summed E-state index contributed by atoms with van der Waals surface area (Å²) in [5.74, 6) is -0.555. The van der Waals surface area contributed by atoms with E-state index in [0.29, 0.717) is 30.1 Å². The molecule has 0 radical (unpaired) electrons. The van der Waals surface area contributed by atoms with Crippen molar-refractivity contribution in [3.63, 3.8) is 0 Å². The Morgan fingerprint density at radius 2 is 1.91 bits per heavy atom. The molecule has 1 aliphatic heterocycles. The van der Waals surface area contributed by atoms with Crippen LogP contribution in [0, 0.1) is 0 Å². The minimum absolute atomic E-state index is 0.000462. The third-order valence-electron chi connectivity index (χ3n) is 4.15. The smallest absolute Gasteiger partial charge is 0.346 e. The number of likely N-dealkylation sites (tertiary alicyclic amines) is 1. The Morgan fingerprint density at radius 1 is 1.32 bits per heavy atom. The molecule has 4 N–H and O–H groups in total. The maximum absolute atomic E-state index is 13.1. The molecule has 0 saturated carbocycles. The van der Waals surface area contributed by atoms with Crippen molar-refractivity contribution in [1.82, 2.24) is 0 Å². The molecular formula is C16H23ClN3O2+. The van der Waals surface area contributed by atoms with Crippen molar-refractivity contribution in [2.24, 2.45) is 11.5 Å². The van der Waals surface area contributed by atoms with Crippen LogP contribution in [0.25, 0.3) is 0 Å². The van der Waals surface area contributed by atoms with Gasteiger partial charge in [0.2, 0.25) is 0 Å². The molecule has 1 heterocycles. The Labute approximate surface area is 135 Å². The van der Waals surface area contributed by atoms with Gasteiger partial charge in [-0.3, -0.25) is 4.79 Å². The molecule has 1 aromatic rings. The number of quaternary nitrogens is 1. The number of hydrogen-bond donors (Lipinski definition) is 2. The molecule has 1 unspecified atom stereocenters. The lowest BCUT2D eigenvalue weighted by Gasteiger charge is -2.40. The number of rotatable bonds is 4. The second-order valence-corrected chi connectivity index (χ2v) is 7.21. The number of carbonyl (C=O) groups excluding carboxylic acids is 2. The van der Waals surface area contributed by atoms with Gasteiger partial charge in [0, 0.05) is 17.9 Å². The quantitative estimate of drug-likeness (QED) is 0.826. The number of benzene rings is 1. The third-order valence-corrected chi connectivity index (χ3v) is 4.40. The van der Waals surface area contributed by atoms with E-state index in [1.807, 2.05) is 13.8 Å². The molecule has 5 nitrogen and oxygen atoms in total. The molecule has 22 heavy (non-hydrogen) atoms. The minimum atomic E-state index is -0.583. The first-order valence-electron chi connectivity index (χ1n) is 7.41. The van der Waals surface area contributed by atoms with Gasteiger partial charge in [-0.05, 0) is 38.1 Å². The van der Waals surface area contributed by atoms with Crippen molar-refractivity contribution in [3.8, 4) is 0 Å². The van der Waals surface area contributed by atoms with Crippen molar-refractivity contribution in [1.29, 1.82) is 0 Å². The van der Waals surface area contributed by atoms with Crippen molar-refractivity contribution in [2.75, 3.05) is 13.1 Å². The predicted octanol–water partition coefficient (Wildman–Crippen LogP) is 1.68. The van der Waals surface area contributed by atoms with Crippen molar-refractivity contribution >= 4 is 23.4 Å². The van der Waals surface area contributed by atoms with Crippen LogP contribution in [-0.2, 0) is 4.79 Å². The number of nitrogens with zero attached hydrogens (tertiary/aromatic N) is 1. The summed E-state index contributed by atoms with van der Waals surface area (Å²) in [6.07, 6.45) is 1.40. The average Bonchev–Trinajstić information content (AvgIpc) is 2.81. The van der Waals surface area contributed by atoms with Gasteiger partial charge in [0.1, 0.15) is 6.54 Å². The molecule has 0 aliphatic carbocycles. The highest BCUT2D eigenvalue weighted by Crippen LogP contribution is 2.32. The zero-order chi connectivity index (χ0) is 16.5. The van der Waals surface area contributed by atoms with E-state index in [2.05, 4.69) is 0 Å². The molecule has 1 fully saturated rings. The molecule has 1 saturated heterocycles. The fraction of sp³-hybridized carbons (Fsp3) is 0.500. The molecule has 0 aromatic heterocycles. The van der Waals surface area contributed by atoms with Gasteiger partial charge in [-0.2, -0.15) is 0 Å². The van der Waals surface area contributed by atoms with Gasteiger partial charge in [0.15, 0.2) is 6.04 Å². The van der Waals surface area contributed by atoms with Gasteiger partial charge in [-0.15, -0.1) is 0 Å². The van der Waals surface area contributed by atoms with Crippen LogP contribution in [-0.4, -0.2) is 41.0 Å². The van der Waals surface area contributed by atoms with E-state index in [0.717, 1.165) is 6.42 Å². The fourth-order valence-electron chi connectivity index (χ4n) is 3.44. The molecule has 2 atom stereocenters. The Bertz CT molecular complexity index is 580. The standard InChI is InChI=1S/C16H22ClN3O2/c1-16(2,19)10-20(9-3-4-13(20)14(18)21)15(22)11-5-7-12(17)8-6-11/h5-8,13H,3-4,9-10,19H2,1-2H3,(H-,18,21)/p+1/t13-,20?/m0/s1. The van der Waals surface area contributed by atoms with E-state index >= 15 is 0 Å². The maximum atomic E-state index is 13.1. The monoisotopic (exact) mass is 324 g/mol. The maximum Gasteiger partial charge on any atom is 0.346 e. The molecule has 0 spiro atoms. The Kier molecular flexibility index (Phi) is 4.61. The first-order chi connectivity index (χ1) is 10.2. The lowest BCUT2D eigenvalue weighted by Crippen LogP contribution is -2.65. The van der Waals surface area contributed by atoms with Crippen molar-refractivity contribution in [2.45, 2.75) is 38.3 Å². The van der Waals surface area contributed by atoms with Crippen LogP contribution in [0.15, 0.2) is 24.3 Å². The predicted molar refractivity (Wildman–Crippen MR) is 86.3 cm³/mol. The molecule has 120 valence electrons. The highest BCUT2D eigenvalue weighted by atomic mass is 35.5. The fourth-order valence-corrected chi connectivity index (χ4v) is 3.56. The zero-order valence-electron chi connectivity index (χ0n) is 13.0. The van der Waals surface area contributed by atoms with Crippen LogP contribution in [0.5, 0.6) is 0 Å². The Balaban J connectivity index is 2.46. The van der Waals surface area contributed by atoms with E-state index in [1.165, 1.54) is 0 Å². The van der Waals surface area contributed by atoms with Crippen LogP contribution in [0.3, 0.4) is 0 Å². The highest BCUT2D eigenvalue weighted by Gasteiger charge is 2.53. The van der Waals surface area contributed by atoms with Gasteiger partial charge in [-0.1, -0.05) is 11.6 Å². The lowest BCUT2D eigenvalue weighted by molar-refractivity contribution is -0.855. The molecule has 0 bridgehead atoms. The SMILES string of the molecule is CC(C)(N)C[N+]1(C(=O)c2ccc(Cl)cc2)CCC[C@H]1C(N)=O. The summed E-state index contributed by atoms with van der Waals surface area (Å²) >= 11 is 5.89. The molecule has 2 rings (SSSR count). The first-order valence-corrected chi connectivity index (χ1v) is 7.79. The van der Waals surface area contributed by atoms with Crippen molar-refractivity contribution < 1.29 is 14.1 Å². The topological polar surface area (TPSA) is 86.2 Å². The summed E-state index contributed by atoms with van der Waals surface area (Å²) in [4.78, 5) is 25.0. The molecule has 1 aromatic carbocycles. The number of nitrogens with two attached hydrogens (primary N) is 2. The van der Waals surface area contributed by atoms with Crippen LogP contribution in [0.1, 0.15) is 37.0 Å². The second kappa shape index (κ2) is 5.99. The third kappa shape index (κ3) is 3.32. The zero-order valence-corrected chi connectivity index (χ0v) is 13.8.